The molecule has 0 aliphatic heterocycles. The summed E-state index contributed by atoms with van der Waals surface area (Å²) in [5, 5.41) is 0. The van der Waals surface area contributed by atoms with Gasteiger partial charge in [0.2, 0.25) is 0 Å². The first-order valence-electron chi connectivity index (χ1n) is 8.69. The molecule has 0 amide bonds. The van der Waals surface area contributed by atoms with Gasteiger partial charge in [-0.05, 0) is 60.4 Å². The van der Waals surface area contributed by atoms with Crippen LogP contribution in [0.1, 0.15) is 11.6 Å². The van der Waals surface area contributed by atoms with Gasteiger partial charge in [0.1, 0.15) is 11.6 Å². The highest BCUT2D eigenvalue weighted by atomic mass is 14.9. The lowest BCUT2D eigenvalue weighted by atomic mass is 10.00. The number of imidazole rings is 2. The molecule has 0 atom stereocenters. The molecule has 4 heteroatoms. The van der Waals surface area contributed by atoms with Gasteiger partial charge in [0.15, 0.2) is 0 Å². The van der Waals surface area contributed by atoms with Crippen LogP contribution in [0.4, 0.5) is 0 Å². The fourth-order valence-electron chi connectivity index (χ4n) is 3.49. The molecule has 0 spiro atoms. The number of H-pyrrole nitrogens is 2. The lowest BCUT2D eigenvalue weighted by Crippen LogP contribution is -1.82. The molecule has 0 saturated carbocycles. The van der Waals surface area contributed by atoms with Crippen LogP contribution in [0.25, 0.3) is 44.3 Å². The van der Waals surface area contributed by atoms with E-state index in [9.17, 15) is 0 Å². The summed E-state index contributed by atoms with van der Waals surface area (Å²) >= 11 is 0. The summed E-state index contributed by atoms with van der Waals surface area (Å²) in [4.78, 5) is 15.5. The molecule has 5 rings (SSSR count). The van der Waals surface area contributed by atoms with Gasteiger partial charge in [-0.25, -0.2) is 9.97 Å². The molecule has 0 saturated heterocycles. The van der Waals surface area contributed by atoms with Crippen LogP contribution in [0, 0.1) is 13.8 Å². The number of aromatic nitrogens is 4. The standard InChI is InChI=1S/C22H18N4/c1-13-23-19-9-7-17(11-21(19)25-13)15-3-5-16(6-4-15)18-8-10-20-22(12-18)26-14(2)24-20/h3-12H,1-2H3,(H,23,25)(H,24,26). The first-order chi connectivity index (χ1) is 12.7. The number of nitrogens with one attached hydrogen (secondary N) is 2. The van der Waals surface area contributed by atoms with Crippen LogP contribution < -0.4 is 0 Å². The zero-order chi connectivity index (χ0) is 17.7. The summed E-state index contributed by atoms with van der Waals surface area (Å²) in [6, 6.07) is 21.4. The van der Waals surface area contributed by atoms with Gasteiger partial charge in [-0.1, -0.05) is 36.4 Å². The minimum atomic E-state index is 0.942. The molecule has 2 N–H and O–H groups in total. The van der Waals surface area contributed by atoms with Crippen molar-refractivity contribution >= 4 is 22.1 Å². The van der Waals surface area contributed by atoms with Crippen molar-refractivity contribution in [3.05, 3.63) is 72.3 Å². The first-order valence-corrected chi connectivity index (χ1v) is 8.69. The molecule has 0 aliphatic carbocycles. The van der Waals surface area contributed by atoms with Crippen molar-refractivity contribution in [2.45, 2.75) is 13.8 Å². The van der Waals surface area contributed by atoms with E-state index >= 15 is 0 Å². The van der Waals surface area contributed by atoms with E-state index in [1.807, 2.05) is 13.8 Å². The highest BCUT2D eigenvalue weighted by molar-refractivity contribution is 5.84. The van der Waals surface area contributed by atoms with Crippen LogP contribution in [-0.4, -0.2) is 19.9 Å². The van der Waals surface area contributed by atoms with Crippen LogP contribution in [-0.2, 0) is 0 Å². The molecule has 0 fully saturated rings. The Morgan fingerprint density at radius 2 is 0.923 bits per heavy atom. The predicted octanol–water partition coefficient (Wildman–Crippen LogP) is 5.39. The number of rotatable bonds is 2. The molecule has 2 aromatic heterocycles. The minimum Gasteiger partial charge on any atom is -0.342 e. The summed E-state index contributed by atoms with van der Waals surface area (Å²) in [6.07, 6.45) is 0. The van der Waals surface area contributed by atoms with Crippen LogP contribution in [0.5, 0.6) is 0 Å². The highest BCUT2D eigenvalue weighted by Crippen LogP contribution is 2.28. The Hall–Kier alpha value is -3.40. The number of fused-ring (bicyclic) bond motifs is 2. The van der Waals surface area contributed by atoms with Crippen molar-refractivity contribution < 1.29 is 0 Å². The second-order valence-electron chi connectivity index (χ2n) is 6.69. The van der Waals surface area contributed by atoms with Crippen molar-refractivity contribution in [1.82, 2.24) is 19.9 Å². The Balaban J connectivity index is 1.52. The zero-order valence-electron chi connectivity index (χ0n) is 14.7. The third-order valence-electron chi connectivity index (χ3n) is 4.75. The summed E-state index contributed by atoms with van der Waals surface area (Å²) in [5.74, 6) is 1.88. The molecule has 4 nitrogen and oxygen atoms in total. The summed E-state index contributed by atoms with van der Waals surface area (Å²) in [5.41, 5.74) is 8.92. The van der Waals surface area contributed by atoms with E-state index in [-0.39, 0.29) is 0 Å². The maximum absolute atomic E-state index is 4.46. The number of aromatic amines is 2. The second kappa shape index (κ2) is 5.56. The molecule has 0 radical (unpaired) electrons. The van der Waals surface area contributed by atoms with Gasteiger partial charge in [0, 0.05) is 0 Å². The monoisotopic (exact) mass is 338 g/mol. The van der Waals surface area contributed by atoms with Gasteiger partial charge in [0.25, 0.3) is 0 Å². The molecule has 3 aromatic carbocycles. The van der Waals surface area contributed by atoms with Crippen molar-refractivity contribution in [2.75, 3.05) is 0 Å². The SMILES string of the molecule is Cc1nc2ccc(-c3ccc(-c4ccc5nc(C)[nH]c5c4)cc3)cc2[nH]1. The van der Waals surface area contributed by atoms with Crippen LogP contribution in [0.15, 0.2) is 60.7 Å². The number of hydrogen-bond donors (Lipinski definition) is 2. The Morgan fingerprint density at radius 3 is 1.35 bits per heavy atom. The molecule has 5 aromatic rings. The van der Waals surface area contributed by atoms with Gasteiger partial charge < -0.3 is 9.97 Å². The smallest absolute Gasteiger partial charge is 0.104 e. The molecule has 2 heterocycles. The summed E-state index contributed by atoms with van der Waals surface area (Å²) in [6.45, 7) is 3.96. The Morgan fingerprint density at radius 1 is 0.538 bits per heavy atom. The first kappa shape index (κ1) is 14.9. The largest absolute Gasteiger partial charge is 0.342 e. The van der Waals surface area contributed by atoms with Crippen molar-refractivity contribution in [3.8, 4) is 22.3 Å². The van der Waals surface area contributed by atoms with E-state index in [1.165, 1.54) is 22.3 Å². The Bertz CT molecular complexity index is 1140. The topological polar surface area (TPSA) is 57.4 Å². The van der Waals surface area contributed by atoms with Gasteiger partial charge in [-0.2, -0.15) is 0 Å². The molecule has 0 aliphatic rings. The van der Waals surface area contributed by atoms with Crippen LogP contribution in [0.2, 0.25) is 0 Å². The van der Waals surface area contributed by atoms with Crippen LogP contribution >= 0.6 is 0 Å². The van der Waals surface area contributed by atoms with Crippen LogP contribution in [0.3, 0.4) is 0 Å². The average Bonchev–Trinajstić information content (AvgIpc) is 3.20. The zero-order valence-corrected chi connectivity index (χ0v) is 14.7. The number of aryl methyl sites for hydroxylation is 2. The van der Waals surface area contributed by atoms with E-state index in [2.05, 4.69) is 80.6 Å². The van der Waals surface area contributed by atoms with Crippen molar-refractivity contribution in [2.24, 2.45) is 0 Å². The molecule has 0 unspecified atom stereocenters. The number of nitrogens with zero attached hydrogens (tertiary/aromatic N) is 2. The number of hydrogen-bond acceptors (Lipinski definition) is 2. The molecular weight excluding hydrogens is 320 g/mol. The third kappa shape index (κ3) is 2.47. The Labute approximate surface area is 150 Å². The number of benzene rings is 3. The average molecular weight is 338 g/mol. The van der Waals surface area contributed by atoms with E-state index in [0.717, 1.165) is 33.7 Å². The quantitative estimate of drug-likeness (QED) is 0.453. The van der Waals surface area contributed by atoms with Gasteiger partial charge >= 0.3 is 0 Å². The highest BCUT2D eigenvalue weighted by Gasteiger charge is 2.06. The normalized spacial score (nSPS) is 11.5. The molecule has 26 heavy (non-hydrogen) atoms. The maximum Gasteiger partial charge on any atom is 0.104 e. The lowest BCUT2D eigenvalue weighted by molar-refractivity contribution is 1.17. The van der Waals surface area contributed by atoms with E-state index in [4.69, 9.17) is 0 Å². The summed E-state index contributed by atoms with van der Waals surface area (Å²) in [7, 11) is 0. The fourth-order valence-corrected chi connectivity index (χ4v) is 3.49. The van der Waals surface area contributed by atoms with E-state index in [1.54, 1.807) is 0 Å². The molecular formula is C22H18N4. The fraction of sp³-hybridized carbons (Fsp3) is 0.0909. The summed E-state index contributed by atoms with van der Waals surface area (Å²) < 4.78 is 0. The Kier molecular flexibility index (Phi) is 3.19. The molecule has 126 valence electrons. The van der Waals surface area contributed by atoms with Gasteiger partial charge in [-0.3, -0.25) is 0 Å². The minimum absolute atomic E-state index is 0.942. The second-order valence-corrected chi connectivity index (χ2v) is 6.69. The van der Waals surface area contributed by atoms with Gasteiger partial charge in [-0.15, -0.1) is 0 Å². The molecule has 0 bridgehead atoms. The third-order valence-corrected chi connectivity index (χ3v) is 4.75. The lowest BCUT2D eigenvalue weighted by Gasteiger charge is -2.05. The maximum atomic E-state index is 4.46. The van der Waals surface area contributed by atoms with Crippen molar-refractivity contribution in [1.29, 1.82) is 0 Å². The van der Waals surface area contributed by atoms with Crippen molar-refractivity contribution in [3.63, 3.8) is 0 Å². The van der Waals surface area contributed by atoms with E-state index < -0.39 is 0 Å². The predicted molar refractivity (Wildman–Crippen MR) is 106 cm³/mol. The van der Waals surface area contributed by atoms with E-state index in [0.29, 0.717) is 0 Å². The van der Waals surface area contributed by atoms with Gasteiger partial charge in [0.05, 0.1) is 22.1 Å².